The second kappa shape index (κ2) is 7.95. The van der Waals surface area contributed by atoms with Gasteiger partial charge in [0.2, 0.25) is 0 Å². The molecule has 0 aromatic heterocycles. The molecule has 1 fully saturated rings. The molecule has 3 aromatic carbocycles. The van der Waals surface area contributed by atoms with Gasteiger partial charge in [0.15, 0.2) is 5.78 Å². The van der Waals surface area contributed by atoms with Crippen LogP contribution in [0.4, 0.5) is 10.5 Å². The van der Waals surface area contributed by atoms with E-state index >= 15 is 0 Å². The minimum Gasteiger partial charge on any atom is -0.345 e. The Morgan fingerprint density at radius 3 is 2.11 bits per heavy atom. The lowest BCUT2D eigenvalue weighted by atomic mass is 9.70. The van der Waals surface area contributed by atoms with Gasteiger partial charge in [-0.25, -0.2) is 4.79 Å². The van der Waals surface area contributed by atoms with Gasteiger partial charge < -0.3 is 9.80 Å². The molecule has 5 heteroatoms. The zero-order valence-electron chi connectivity index (χ0n) is 21.0. The molecule has 2 heterocycles. The van der Waals surface area contributed by atoms with Crippen molar-refractivity contribution in [2.24, 2.45) is 0 Å². The number of carbonyl (C=O) groups excluding carboxylic acids is 2. The smallest absolute Gasteiger partial charge is 0.325 e. The molecular weight excluding hydrogens is 446 g/mol. The van der Waals surface area contributed by atoms with Crippen LogP contribution in [-0.4, -0.2) is 41.8 Å². The number of ketones is 1. The van der Waals surface area contributed by atoms with Gasteiger partial charge in [0.1, 0.15) is 0 Å². The molecule has 3 aliphatic rings. The average molecular weight is 476 g/mol. The summed E-state index contributed by atoms with van der Waals surface area (Å²) >= 11 is 0. The predicted molar refractivity (Wildman–Crippen MR) is 142 cm³/mol. The van der Waals surface area contributed by atoms with Gasteiger partial charge in [-0.05, 0) is 42.7 Å². The van der Waals surface area contributed by atoms with Crippen molar-refractivity contribution in [3.05, 3.63) is 119 Å². The van der Waals surface area contributed by atoms with Gasteiger partial charge in [0, 0.05) is 25.4 Å². The van der Waals surface area contributed by atoms with Gasteiger partial charge in [0.25, 0.3) is 0 Å². The van der Waals surface area contributed by atoms with Crippen molar-refractivity contribution in [3.63, 3.8) is 0 Å². The van der Waals surface area contributed by atoms with Crippen LogP contribution in [0.1, 0.15) is 36.6 Å². The molecule has 3 aromatic rings. The first-order valence-corrected chi connectivity index (χ1v) is 12.4. The number of rotatable bonds is 3. The van der Waals surface area contributed by atoms with Crippen molar-refractivity contribution in [2.75, 3.05) is 19.0 Å². The number of Topliss-reactive ketones (excluding diaryl/α,β-unsaturated/α-hetero) is 1. The van der Waals surface area contributed by atoms with Crippen LogP contribution >= 0.6 is 0 Å². The molecule has 180 valence electrons. The Kier molecular flexibility index (Phi) is 4.94. The first-order valence-electron chi connectivity index (χ1n) is 12.4. The van der Waals surface area contributed by atoms with Gasteiger partial charge in [-0.1, -0.05) is 78.9 Å². The van der Waals surface area contributed by atoms with Crippen LogP contribution < -0.4 is 4.90 Å². The van der Waals surface area contributed by atoms with Gasteiger partial charge >= 0.3 is 6.03 Å². The van der Waals surface area contributed by atoms with Gasteiger partial charge in [-0.15, -0.1) is 0 Å². The second-order valence-electron chi connectivity index (χ2n) is 10.0. The minimum atomic E-state index is -0.910. The number of hydrogen-bond donors (Lipinski definition) is 0. The lowest BCUT2D eigenvalue weighted by Crippen LogP contribution is -2.43. The van der Waals surface area contributed by atoms with E-state index in [4.69, 9.17) is 0 Å². The standard InChI is InChI=1S/C31H29N3O2/c1-20-27(22-15-9-6-10-16-22)34(30(36)32(20)3)26-19-23(21-13-7-5-8-14-21)29(35)31(2)24-17-11-12-18-25(24)33(4)28(26)31/h5-20,27H,1-4H3/t20-,27-,31-/m0/s1. The van der Waals surface area contributed by atoms with Crippen molar-refractivity contribution in [1.29, 1.82) is 0 Å². The topological polar surface area (TPSA) is 43.9 Å². The maximum absolute atomic E-state index is 14.3. The summed E-state index contributed by atoms with van der Waals surface area (Å²) in [4.78, 5) is 34.0. The number of allylic oxidation sites excluding steroid dienone is 3. The monoisotopic (exact) mass is 475 g/mol. The summed E-state index contributed by atoms with van der Waals surface area (Å²) in [6.45, 7) is 4.09. The zero-order valence-corrected chi connectivity index (χ0v) is 21.0. The van der Waals surface area contributed by atoms with Crippen molar-refractivity contribution >= 4 is 23.1 Å². The van der Waals surface area contributed by atoms with E-state index in [2.05, 4.69) is 24.0 Å². The van der Waals surface area contributed by atoms with Gasteiger partial charge in [-0.3, -0.25) is 9.69 Å². The highest BCUT2D eigenvalue weighted by Crippen LogP contribution is 2.55. The normalized spacial score (nSPS) is 25.3. The first-order chi connectivity index (χ1) is 17.4. The third kappa shape index (κ3) is 2.89. The van der Waals surface area contributed by atoms with E-state index in [9.17, 15) is 9.59 Å². The number of amides is 2. The molecule has 1 saturated heterocycles. The number of fused-ring (bicyclic) bond motifs is 3. The van der Waals surface area contributed by atoms with Crippen molar-refractivity contribution in [2.45, 2.75) is 31.3 Å². The van der Waals surface area contributed by atoms with E-state index in [1.54, 1.807) is 4.90 Å². The van der Waals surface area contributed by atoms with Crippen LogP contribution in [0.5, 0.6) is 0 Å². The number of anilines is 1. The Morgan fingerprint density at radius 2 is 1.42 bits per heavy atom. The maximum atomic E-state index is 14.3. The number of hydrogen-bond acceptors (Lipinski definition) is 3. The van der Waals surface area contributed by atoms with E-state index in [-0.39, 0.29) is 23.9 Å². The fraction of sp³-hybridized carbons (Fsp3) is 0.226. The fourth-order valence-corrected chi connectivity index (χ4v) is 6.21. The molecule has 2 amide bonds. The Bertz CT molecular complexity index is 1440. The van der Waals surface area contributed by atoms with Crippen molar-refractivity contribution in [3.8, 4) is 0 Å². The Morgan fingerprint density at radius 1 is 0.806 bits per heavy atom. The molecule has 2 aliphatic heterocycles. The summed E-state index contributed by atoms with van der Waals surface area (Å²) in [6.07, 6.45) is 1.94. The summed E-state index contributed by atoms with van der Waals surface area (Å²) in [6, 6.07) is 27.7. The highest BCUT2D eigenvalue weighted by atomic mass is 16.2. The molecule has 5 nitrogen and oxygen atoms in total. The largest absolute Gasteiger partial charge is 0.345 e. The van der Waals surface area contributed by atoms with Crippen LogP contribution in [0.15, 0.2) is 102 Å². The van der Waals surface area contributed by atoms with Crippen LogP contribution in [0.25, 0.3) is 5.57 Å². The van der Waals surface area contributed by atoms with Crippen LogP contribution in [-0.2, 0) is 10.2 Å². The van der Waals surface area contributed by atoms with E-state index < -0.39 is 5.41 Å². The Balaban J connectivity index is 1.65. The molecule has 0 bridgehead atoms. The van der Waals surface area contributed by atoms with Crippen molar-refractivity contribution in [1.82, 2.24) is 9.80 Å². The first kappa shape index (κ1) is 22.4. The van der Waals surface area contributed by atoms with Gasteiger partial charge in [-0.2, -0.15) is 0 Å². The third-order valence-corrected chi connectivity index (χ3v) is 8.17. The average Bonchev–Trinajstić information content (AvgIpc) is 3.29. The fourth-order valence-electron chi connectivity index (χ4n) is 6.21. The SMILES string of the molecule is C[C@H]1[C@@H](c2ccccc2)N(C2=C3N(C)c4ccccc4[C@]3(C)C(=O)C(c3ccccc3)=C2)C(=O)N1C. The quantitative estimate of drug-likeness (QED) is 0.483. The second-order valence-corrected chi connectivity index (χ2v) is 10.0. The predicted octanol–water partition coefficient (Wildman–Crippen LogP) is 5.77. The highest BCUT2D eigenvalue weighted by molar-refractivity contribution is 6.29. The third-order valence-electron chi connectivity index (χ3n) is 8.17. The molecule has 0 spiro atoms. The molecule has 3 atom stereocenters. The summed E-state index contributed by atoms with van der Waals surface area (Å²) in [5.41, 5.74) is 5.24. The van der Waals surface area contributed by atoms with Crippen LogP contribution in [0.2, 0.25) is 0 Å². The molecule has 0 saturated carbocycles. The maximum Gasteiger partial charge on any atom is 0.325 e. The molecule has 0 N–H and O–H groups in total. The number of nitrogens with zero attached hydrogens (tertiary/aromatic N) is 3. The van der Waals surface area contributed by atoms with E-state index in [1.165, 1.54) is 0 Å². The summed E-state index contributed by atoms with van der Waals surface area (Å²) in [5, 5.41) is 0. The summed E-state index contributed by atoms with van der Waals surface area (Å²) in [7, 11) is 3.86. The number of likely N-dealkylation sites (N-methyl/N-ethyl adjacent to an activating group) is 2. The van der Waals surface area contributed by atoms with Crippen LogP contribution in [0, 0.1) is 0 Å². The lowest BCUT2D eigenvalue weighted by Gasteiger charge is -2.38. The number of carbonyl (C=O) groups is 2. The number of para-hydroxylation sites is 1. The Hall–Kier alpha value is -4.12. The molecule has 1 aliphatic carbocycles. The number of urea groups is 1. The Labute approximate surface area is 211 Å². The molecule has 36 heavy (non-hydrogen) atoms. The van der Waals surface area contributed by atoms with E-state index in [0.717, 1.165) is 33.8 Å². The molecular formula is C31H29N3O2. The minimum absolute atomic E-state index is 0.0421. The highest BCUT2D eigenvalue weighted by Gasteiger charge is 2.55. The van der Waals surface area contributed by atoms with E-state index in [1.807, 2.05) is 105 Å². The molecule has 0 unspecified atom stereocenters. The van der Waals surface area contributed by atoms with Crippen LogP contribution in [0.3, 0.4) is 0 Å². The number of benzene rings is 3. The summed E-state index contributed by atoms with van der Waals surface area (Å²) < 4.78 is 0. The zero-order chi connectivity index (χ0) is 25.2. The molecule has 6 rings (SSSR count). The van der Waals surface area contributed by atoms with E-state index in [0.29, 0.717) is 5.57 Å². The molecule has 0 radical (unpaired) electrons. The van der Waals surface area contributed by atoms with Gasteiger partial charge in [0.05, 0.1) is 28.9 Å². The van der Waals surface area contributed by atoms with Crippen molar-refractivity contribution < 1.29 is 9.59 Å². The summed E-state index contributed by atoms with van der Waals surface area (Å²) in [5.74, 6) is 0.0496. The lowest BCUT2D eigenvalue weighted by molar-refractivity contribution is -0.117.